The lowest BCUT2D eigenvalue weighted by atomic mass is 10.3. The minimum absolute atomic E-state index is 0.507. The molecule has 2 N–H and O–H groups in total. The molecule has 0 unspecified atom stereocenters. The summed E-state index contributed by atoms with van der Waals surface area (Å²) in [6.45, 7) is 5.87. The number of hydrogen-bond acceptors (Lipinski definition) is 4. The van der Waals surface area contributed by atoms with Gasteiger partial charge in [-0.15, -0.1) is 0 Å². The number of nitrogens with zero attached hydrogens (tertiary/aromatic N) is 3. The minimum atomic E-state index is 0.507. The van der Waals surface area contributed by atoms with Gasteiger partial charge in [-0.3, -0.25) is 4.98 Å². The molecule has 0 aromatic carbocycles. The van der Waals surface area contributed by atoms with Crippen molar-refractivity contribution in [2.75, 3.05) is 38.6 Å². The van der Waals surface area contributed by atoms with Crippen LogP contribution < -0.4 is 10.6 Å². The van der Waals surface area contributed by atoms with Gasteiger partial charge in [-0.25, -0.2) is 0 Å². The SMILES string of the molecule is CCN(CCCN(C)C)c1ccc(CN)nc1. The molecule has 4 heteroatoms. The number of rotatable bonds is 7. The van der Waals surface area contributed by atoms with Crippen molar-refractivity contribution in [3.8, 4) is 0 Å². The summed E-state index contributed by atoms with van der Waals surface area (Å²) in [5, 5.41) is 0. The number of aromatic nitrogens is 1. The third-order valence-corrected chi connectivity index (χ3v) is 2.80. The summed E-state index contributed by atoms with van der Waals surface area (Å²) in [4.78, 5) is 8.89. The smallest absolute Gasteiger partial charge is 0.0552 e. The Morgan fingerprint density at radius 3 is 2.47 bits per heavy atom. The number of nitrogens with two attached hydrogens (primary N) is 1. The Morgan fingerprint density at radius 2 is 2.00 bits per heavy atom. The van der Waals surface area contributed by atoms with E-state index in [0.29, 0.717) is 6.54 Å². The second-order valence-electron chi connectivity index (χ2n) is 4.45. The average Bonchev–Trinajstić information content (AvgIpc) is 2.34. The second kappa shape index (κ2) is 7.25. The lowest BCUT2D eigenvalue weighted by Crippen LogP contribution is -2.27. The first-order valence-corrected chi connectivity index (χ1v) is 6.22. The van der Waals surface area contributed by atoms with E-state index in [1.54, 1.807) is 0 Å². The van der Waals surface area contributed by atoms with Gasteiger partial charge in [0.25, 0.3) is 0 Å². The van der Waals surface area contributed by atoms with Gasteiger partial charge in [0.05, 0.1) is 17.6 Å². The number of pyridine rings is 1. The van der Waals surface area contributed by atoms with Crippen molar-refractivity contribution in [3.05, 3.63) is 24.0 Å². The Morgan fingerprint density at radius 1 is 1.24 bits per heavy atom. The van der Waals surface area contributed by atoms with Crippen LogP contribution in [0.5, 0.6) is 0 Å². The van der Waals surface area contributed by atoms with Crippen molar-refractivity contribution in [3.63, 3.8) is 0 Å². The predicted molar refractivity (Wildman–Crippen MR) is 73.2 cm³/mol. The molecule has 0 saturated carbocycles. The molecule has 0 amide bonds. The molecule has 0 aliphatic carbocycles. The largest absolute Gasteiger partial charge is 0.371 e. The normalized spacial score (nSPS) is 10.9. The van der Waals surface area contributed by atoms with E-state index in [1.165, 1.54) is 12.1 Å². The zero-order chi connectivity index (χ0) is 12.7. The molecule has 0 atom stereocenters. The van der Waals surface area contributed by atoms with E-state index in [1.807, 2.05) is 12.3 Å². The molecule has 0 bridgehead atoms. The van der Waals surface area contributed by atoms with E-state index in [9.17, 15) is 0 Å². The van der Waals surface area contributed by atoms with Crippen molar-refractivity contribution in [1.29, 1.82) is 0 Å². The van der Waals surface area contributed by atoms with Gasteiger partial charge < -0.3 is 15.5 Å². The maximum absolute atomic E-state index is 5.54. The van der Waals surface area contributed by atoms with Crippen LogP contribution in [0.4, 0.5) is 5.69 Å². The van der Waals surface area contributed by atoms with E-state index in [4.69, 9.17) is 5.73 Å². The maximum Gasteiger partial charge on any atom is 0.0552 e. The van der Waals surface area contributed by atoms with E-state index in [2.05, 4.69) is 41.9 Å². The Kier molecular flexibility index (Phi) is 5.94. The maximum atomic E-state index is 5.54. The van der Waals surface area contributed by atoms with Crippen LogP contribution in [0, 0.1) is 0 Å². The van der Waals surface area contributed by atoms with E-state index in [0.717, 1.165) is 25.3 Å². The molecule has 1 aromatic heterocycles. The summed E-state index contributed by atoms with van der Waals surface area (Å²) in [6, 6.07) is 4.11. The van der Waals surface area contributed by atoms with Crippen LogP contribution in [0.3, 0.4) is 0 Å². The van der Waals surface area contributed by atoms with Gasteiger partial charge >= 0.3 is 0 Å². The molecule has 0 aliphatic rings. The summed E-state index contributed by atoms with van der Waals surface area (Å²) < 4.78 is 0. The van der Waals surface area contributed by atoms with Crippen molar-refractivity contribution in [1.82, 2.24) is 9.88 Å². The van der Waals surface area contributed by atoms with Crippen molar-refractivity contribution < 1.29 is 0 Å². The van der Waals surface area contributed by atoms with Gasteiger partial charge in [-0.05, 0) is 46.1 Å². The first-order valence-electron chi connectivity index (χ1n) is 6.22. The molecular weight excluding hydrogens is 212 g/mol. The van der Waals surface area contributed by atoms with Gasteiger partial charge in [0.1, 0.15) is 0 Å². The van der Waals surface area contributed by atoms with E-state index < -0.39 is 0 Å². The van der Waals surface area contributed by atoms with Crippen LogP contribution in [0.2, 0.25) is 0 Å². The Labute approximate surface area is 104 Å². The first-order chi connectivity index (χ1) is 8.17. The summed E-state index contributed by atoms with van der Waals surface area (Å²) in [7, 11) is 4.21. The zero-order valence-electron chi connectivity index (χ0n) is 11.2. The molecule has 0 aliphatic heterocycles. The van der Waals surface area contributed by atoms with Gasteiger partial charge in [-0.2, -0.15) is 0 Å². The van der Waals surface area contributed by atoms with Gasteiger partial charge in [-0.1, -0.05) is 0 Å². The van der Waals surface area contributed by atoms with Crippen LogP contribution in [-0.2, 0) is 6.54 Å². The first kappa shape index (κ1) is 13.9. The fourth-order valence-corrected chi connectivity index (χ4v) is 1.77. The molecule has 1 heterocycles. The molecule has 0 fully saturated rings. The zero-order valence-corrected chi connectivity index (χ0v) is 11.2. The highest BCUT2D eigenvalue weighted by molar-refractivity contribution is 5.44. The fourth-order valence-electron chi connectivity index (χ4n) is 1.77. The van der Waals surface area contributed by atoms with Gasteiger partial charge in [0.15, 0.2) is 0 Å². The summed E-state index contributed by atoms with van der Waals surface area (Å²) in [5.41, 5.74) is 7.67. The second-order valence-corrected chi connectivity index (χ2v) is 4.45. The average molecular weight is 236 g/mol. The fraction of sp³-hybridized carbons (Fsp3) is 0.615. The Balaban J connectivity index is 2.53. The van der Waals surface area contributed by atoms with Gasteiger partial charge in [0.2, 0.25) is 0 Å². The van der Waals surface area contributed by atoms with Gasteiger partial charge in [0, 0.05) is 19.6 Å². The highest BCUT2D eigenvalue weighted by Gasteiger charge is 2.04. The summed E-state index contributed by atoms with van der Waals surface area (Å²) in [6.07, 6.45) is 3.08. The van der Waals surface area contributed by atoms with Crippen LogP contribution in [-0.4, -0.2) is 43.6 Å². The molecule has 4 nitrogen and oxygen atoms in total. The van der Waals surface area contributed by atoms with E-state index >= 15 is 0 Å². The quantitative estimate of drug-likeness (QED) is 0.775. The Bertz CT molecular complexity index is 308. The highest BCUT2D eigenvalue weighted by atomic mass is 15.1. The number of hydrogen-bond donors (Lipinski definition) is 1. The van der Waals surface area contributed by atoms with Crippen LogP contribution in [0.15, 0.2) is 18.3 Å². The van der Waals surface area contributed by atoms with Crippen LogP contribution in [0.1, 0.15) is 19.0 Å². The molecule has 0 saturated heterocycles. The monoisotopic (exact) mass is 236 g/mol. The third-order valence-electron chi connectivity index (χ3n) is 2.80. The van der Waals surface area contributed by atoms with E-state index in [-0.39, 0.29) is 0 Å². The van der Waals surface area contributed by atoms with Crippen molar-refractivity contribution in [2.24, 2.45) is 5.73 Å². The Hall–Kier alpha value is -1.13. The molecule has 1 aromatic rings. The molecule has 1 rings (SSSR count). The molecule has 96 valence electrons. The van der Waals surface area contributed by atoms with Crippen molar-refractivity contribution in [2.45, 2.75) is 19.9 Å². The lowest BCUT2D eigenvalue weighted by Gasteiger charge is -2.23. The lowest BCUT2D eigenvalue weighted by molar-refractivity contribution is 0.400. The highest BCUT2D eigenvalue weighted by Crippen LogP contribution is 2.13. The number of anilines is 1. The summed E-state index contributed by atoms with van der Waals surface area (Å²) >= 11 is 0. The molecule has 0 radical (unpaired) electrons. The van der Waals surface area contributed by atoms with Crippen LogP contribution >= 0.6 is 0 Å². The van der Waals surface area contributed by atoms with Crippen LogP contribution in [0.25, 0.3) is 0 Å². The standard InChI is InChI=1S/C13H24N4/c1-4-17(9-5-8-16(2)3)13-7-6-12(10-14)15-11-13/h6-7,11H,4-5,8-10,14H2,1-3H3. The molecule has 0 spiro atoms. The van der Waals surface area contributed by atoms with Crippen molar-refractivity contribution >= 4 is 5.69 Å². The molecular formula is C13H24N4. The summed E-state index contributed by atoms with van der Waals surface area (Å²) in [5.74, 6) is 0. The minimum Gasteiger partial charge on any atom is -0.371 e. The predicted octanol–water partition coefficient (Wildman–Crippen LogP) is 1.32. The topological polar surface area (TPSA) is 45.4 Å². The molecule has 17 heavy (non-hydrogen) atoms. The third kappa shape index (κ3) is 4.71.